The highest BCUT2D eigenvalue weighted by molar-refractivity contribution is 7.89. The molecule has 2 aliphatic rings. The first-order chi connectivity index (χ1) is 14.8. The summed E-state index contributed by atoms with van der Waals surface area (Å²) >= 11 is 0. The molecule has 0 unspecified atom stereocenters. The van der Waals surface area contributed by atoms with Crippen molar-refractivity contribution in [1.29, 1.82) is 0 Å². The van der Waals surface area contributed by atoms with Crippen molar-refractivity contribution in [2.75, 3.05) is 20.1 Å². The van der Waals surface area contributed by atoms with Crippen molar-refractivity contribution in [3.63, 3.8) is 0 Å². The molecule has 0 bridgehead atoms. The summed E-state index contributed by atoms with van der Waals surface area (Å²) in [5.41, 5.74) is 5.99. The molecule has 166 valence electrons. The average Bonchev–Trinajstić information content (AvgIpc) is 3.23. The first-order valence-electron chi connectivity index (χ1n) is 11.2. The van der Waals surface area contributed by atoms with E-state index in [-0.39, 0.29) is 11.8 Å². The van der Waals surface area contributed by atoms with Gasteiger partial charge < -0.3 is 4.90 Å². The second-order valence-electron chi connectivity index (χ2n) is 9.09. The van der Waals surface area contributed by atoms with Crippen LogP contribution in [0.2, 0.25) is 0 Å². The van der Waals surface area contributed by atoms with E-state index in [0.717, 1.165) is 24.8 Å². The van der Waals surface area contributed by atoms with Gasteiger partial charge in [-0.15, -0.1) is 0 Å². The van der Waals surface area contributed by atoms with Crippen LogP contribution in [0.1, 0.15) is 47.1 Å². The number of carbonyl (C=O) groups excluding carboxylic acids is 1. The van der Waals surface area contributed by atoms with Gasteiger partial charge in [0.15, 0.2) is 0 Å². The Labute approximate surface area is 186 Å². The van der Waals surface area contributed by atoms with Crippen molar-refractivity contribution in [1.82, 2.24) is 9.21 Å². The predicted molar refractivity (Wildman–Crippen MR) is 122 cm³/mol. The number of hydrogen-bond donors (Lipinski definition) is 0. The van der Waals surface area contributed by atoms with Crippen LogP contribution in [0, 0.1) is 19.8 Å². The number of aryl methyl sites for hydroxylation is 4. The molecule has 1 aliphatic carbocycles. The number of nitrogens with zero attached hydrogens (tertiary/aromatic N) is 2. The standard InChI is InChI=1S/C25H32N2O3S/c1-18-7-8-23(19(2)15-18)17-26(3)25(28)21-11-13-27(14-12-21)31(29,30)24-10-9-20-5-4-6-22(20)16-24/h7-10,15-16,21H,4-6,11-14,17H2,1-3H3. The molecule has 0 N–H and O–H groups in total. The van der Waals surface area contributed by atoms with Gasteiger partial charge in [-0.25, -0.2) is 8.42 Å². The molecule has 1 saturated heterocycles. The minimum atomic E-state index is -3.50. The molecule has 6 heteroatoms. The van der Waals surface area contributed by atoms with Crippen LogP contribution in [-0.4, -0.2) is 43.7 Å². The number of sulfonamides is 1. The van der Waals surface area contributed by atoms with Crippen molar-refractivity contribution < 1.29 is 13.2 Å². The van der Waals surface area contributed by atoms with Crippen LogP contribution in [0.4, 0.5) is 0 Å². The summed E-state index contributed by atoms with van der Waals surface area (Å²) in [6.07, 6.45) is 4.24. The normalized spacial score (nSPS) is 17.5. The summed E-state index contributed by atoms with van der Waals surface area (Å²) < 4.78 is 27.8. The Hall–Kier alpha value is -2.18. The van der Waals surface area contributed by atoms with Gasteiger partial charge in [0.1, 0.15) is 0 Å². The van der Waals surface area contributed by atoms with E-state index in [2.05, 4.69) is 32.0 Å². The van der Waals surface area contributed by atoms with Crippen LogP contribution in [-0.2, 0) is 34.2 Å². The Morgan fingerprint density at radius 3 is 2.45 bits per heavy atom. The molecule has 1 amide bonds. The van der Waals surface area contributed by atoms with Gasteiger partial charge in [0.05, 0.1) is 4.90 Å². The van der Waals surface area contributed by atoms with Gasteiger partial charge in [0.25, 0.3) is 0 Å². The summed E-state index contributed by atoms with van der Waals surface area (Å²) in [5.74, 6) is -0.0169. The smallest absolute Gasteiger partial charge is 0.243 e. The fraction of sp³-hybridized carbons (Fsp3) is 0.480. The molecule has 1 aliphatic heterocycles. The lowest BCUT2D eigenvalue weighted by atomic mass is 9.96. The number of carbonyl (C=O) groups is 1. The number of hydrogen-bond acceptors (Lipinski definition) is 3. The van der Waals surface area contributed by atoms with Gasteiger partial charge in [-0.3, -0.25) is 4.79 Å². The highest BCUT2D eigenvalue weighted by atomic mass is 32.2. The predicted octanol–water partition coefficient (Wildman–Crippen LogP) is 3.85. The van der Waals surface area contributed by atoms with Crippen molar-refractivity contribution in [2.24, 2.45) is 5.92 Å². The van der Waals surface area contributed by atoms with Gasteiger partial charge in [-0.1, -0.05) is 29.8 Å². The largest absolute Gasteiger partial charge is 0.341 e. The van der Waals surface area contributed by atoms with Gasteiger partial charge in [-0.2, -0.15) is 4.31 Å². The summed E-state index contributed by atoms with van der Waals surface area (Å²) in [5, 5.41) is 0. The molecular formula is C25H32N2O3S. The Morgan fingerprint density at radius 1 is 1.03 bits per heavy atom. The Balaban J connectivity index is 1.38. The molecule has 0 atom stereocenters. The molecule has 0 radical (unpaired) electrons. The third kappa shape index (κ3) is 4.55. The lowest BCUT2D eigenvalue weighted by Crippen LogP contribution is -2.43. The third-order valence-electron chi connectivity index (χ3n) is 6.79. The molecule has 2 aromatic rings. The second kappa shape index (κ2) is 8.75. The monoisotopic (exact) mass is 440 g/mol. The summed E-state index contributed by atoms with van der Waals surface area (Å²) in [6.45, 7) is 5.51. The van der Waals surface area contributed by atoms with Gasteiger partial charge >= 0.3 is 0 Å². The maximum atomic E-state index is 13.1. The van der Waals surface area contributed by atoms with Crippen LogP contribution in [0.5, 0.6) is 0 Å². The van der Waals surface area contributed by atoms with Crippen LogP contribution in [0.15, 0.2) is 41.3 Å². The SMILES string of the molecule is Cc1ccc(CN(C)C(=O)C2CCN(S(=O)(=O)c3ccc4c(c3)CCC4)CC2)c(C)c1. The lowest BCUT2D eigenvalue weighted by molar-refractivity contribution is -0.135. The maximum absolute atomic E-state index is 13.1. The summed E-state index contributed by atoms with van der Waals surface area (Å²) in [6, 6.07) is 11.9. The van der Waals surface area contributed by atoms with E-state index < -0.39 is 10.0 Å². The van der Waals surface area contributed by atoms with E-state index in [0.29, 0.717) is 37.4 Å². The topological polar surface area (TPSA) is 57.7 Å². The van der Waals surface area contributed by atoms with Gasteiger partial charge in [-0.05, 0) is 80.3 Å². The summed E-state index contributed by atoms with van der Waals surface area (Å²) in [7, 11) is -1.66. The number of fused-ring (bicyclic) bond motifs is 1. The van der Waals surface area contributed by atoms with E-state index in [4.69, 9.17) is 0 Å². The number of rotatable bonds is 5. The fourth-order valence-corrected chi connectivity index (χ4v) is 6.39. The molecule has 5 nitrogen and oxygen atoms in total. The average molecular weight is 441 g/mol. The highest BCUT2D eigenvalue weighted by Crippen LogP contribution is 2.29. The second-order valence-corrected chi connectivity index (χ2v) is 11.0. The molecule has 0 spiro atoms. The van der Waals surface area contributed by atoms with Crippen LogP contribution >= 0.6 is 0 Å². The fourth-order valence-electron chi connectivity index (χ4n) is 4.87. The zero-order valence-corrected chi connectivity index (χ0v) is 19.5. The molecular weight excluding hydrogens is 408 g/mol. The minimum Gasteiger partial charge on any atom is -0.341 e. The van der Waals surface area contributed by atoms with E-state index in [1.54, 1.807) is 15.3 Å². The quantitative estimate of drug-likeness (QED) is 0.710. The van der Waals surface area contributed by atoms with E-state index >= 15 is 0 Å². The van der Waals surface area contributed by atoms with E-state index in [1.807, 2.05) is 19.2 Å². The number of amides is 1. The highest BCUT2D eigenvalue weighted by Gasteiger charge is 2.33. The summed E-state index contributed by atoms with van der Waals surface area (Å²) in [4.78, 5) is 15.2. The van der Waals surface area contributed by atoms with Crippen molar-refractivity contribution in [3.05, 3.63) is 64.2 Å². The Kier molecular flexibility index (Phi) is 6.22. The van der Waals surface area contributed by atoms with E-state index in [9.17, 15) is 13.2 Å². The minimum absolute atomic E-state index is 0.106. The van der Waals surface area contributed by atoms with Crippen molar-refractivity contribution >= 4 is 15.9 Å². The van der Waals surface area contributed by atoms with Crippen molar-refractivity contribution in [3.8, 4) is 0 Å². The Bertz CT molecular complexity index is 1090. The zero-order chi connectivity index (χ0) is 22.2. The number of benzene rings is 2. The van der Waals surface area contributed by atoms with E-state index in [1.165, 1.54) is 22.3 Å². The van der Waals surface area contributed by atoms with Crippen molar-refractivity contribution in [2.45, 2.75) is 57.4 Å². The van der Waals surface area contributed by atoms with Crippen LogP contribution < -0.4 is 0 Å². The van der Waals surface area contributed by atoms with Crippen LogP contribution in [0.3, 0.4) is 0 Å². The third-order valence-corrected chi connectivity index (χ3v) is 8.69. The van der Waals surface area contributed by atoms with Crippen LogP contribution in [0.25, 0.3) is 0 Å². The zero-order valence-electron chi connectivity index (χ0n) is 18.7. The molecule has 0 saturated carbocycles. The molecule has 4 rings (SSSR count). The van der Waals surface area contributed by atoms with Gasteiger partial charge in [0.2, 0.25) is 15.9 Å². The first-order valence-corrected chi connectivity index (χ1v) is 12.6. The maximum Gasteiger partial charge on any atom is 0.243 e. The molecule has 1 heterocycles. The van der Waals surface area contributed by atoms with Gasteiger partial charge in [0, 0.05) is 32.6 Å². The Morgan fingerprint density at radius 2 is 1.74 bits per heavy atom. The molecule has 31 heavy (non-hydrogen) atoms. The molecule has 1 fully saturated rings. The lowest BCUT2D eigenvalue weighted by Gasteiger charge is -2.32. The molecule has 2 aromatic carbocycles. The first kappa shape index (κ1) is 22.0. The number of piperidine rings is 1. The molecule has 0 aromatic heterocycles.